The van der Waals surface area contributed by atoms with Crippen molar-refractivity contribution in [3.05, 3.63) is 18.2 Å². The molecule has 3 nitrogen and oxygen atoms in total. The van der Waals surface area contributed by atoms with E-state index in [-0.39, 0.29) is 52.0 Å². The first-order valence-corrected chi connectivity index (χ1v) is 2.24. The average Bonchev–Trinajstić information content (AvgIpc) is 1.91. The molecule has 0 atom stereocenters. The van der Waals surface area contributed by atoms with Gasteiger partial charge in [-0.1, -0.05) is 0 Å². The first-order valence-electron chi connectivity index (χ1n) is 2.24. The van der Waals surface area contributed by atoms with Gasteiger partial charge in [-0.15, -0.1) is 0 Å². The molecule has 11 heavy (non-hydrogen) atoms. The number of imidazole rings is 1. The van der Waals surface area contributed by atoms with Gasteiger partial charge >= 0.3 is 21.1 Å². The monoisotopic (exact) mass is 378 g/mol. The third kappa shape index (κ3) is 6.82. The van der Waals surface area contributed by atoms with Crippen molar-refractivity contribution in [3.63, 3.8) is 0 Å². The molecule has 70 valence electrons. The molecule has 3 N–H and O–H groups in total. The molecule has 0 unspecified atom stereocenters. The van der Waals surface area contributed by atoms with Gasteiger partial charge in [-0.25, -0.2) is 4.98 Å². The van der Waals surface area contributed by atoms with Crippen molar-refractivity contribution in [1.29, 1.82) is 0 Å². The molecule has 6 heteroatoms. The summed E-state index contributed by atoms with van der Waals surface area (Å²) in [4.78, 5) is 3.98. The molecule has 0 aromatic carbocycles. The minimum absolute atomic E-state index is 0. The van der Waals surface area contributed by atoms with Crippen LogP contribution in [0, 0.1) is 6.92 Å². The maximum Gasteiger partial charge on any atom is 2.00 e. The van der Waals surface area contributed by atoms with E-state index >= 15 is 0 Å². The van der Waals surface area contributed by atoms with Crippen molar-refractivity contribution in [2.45, 2.75) is 6.92 Å². The second-order valence-electron chi connectivity index (χ2n) is 1.59. The number of nitrogens with zero attached hydrogens (tertiary/aromatic N) is 2. The Kier molecular flexibility index (Phi) is 21.4. The van der Waals surface area contributed by atoms with Gasteiger partial charge in [-0.2, -0.15) is 0 Å². The average molecular weight is 379 g/mol. The predicted octanol–water partition coefficient (Wildman–Crippen LogP) is -5.10. The molecule has 0 radical (unpaired) electrons. The molecule has 0 aliphatic carbocycles. The molecule has 0 saturated heterocycles. The number of aryl methyl sites for hydroxylation is 2. The van der Waals surface area contributed by atoms with E-state index in [1.807, 2.05) is 24.7 Å². The molecular weight excluding hydrogens is 368 g/mol. The molecule has 1 aromatic rings. The van der Waals surface area contributed by atoms with Crippen molar-refractivity contribution >= 4 is 0 Å². The first kappa shape index (κ1) is 22.5. The van der Waals surface area contributed by atoms with Gasteiger partial charge < -0.3 is 35.5 Å². The molecule has 1 heterocycles. The van der Waals surface area contributed by atoms with Gasteiger partial charge in [0.15, 0.2) is 0 Å². The normalized spacial score (nSPS) is 6.00. The Bertz CT molecular complexity index is 152. The summed E-state index contributed by atoms with van der Waals surface area (Å²) in [5.41, 5.74) is 0. The summed E-state index contributed by atoms with van der Waals surface area (Å²) in [5.74, 6) is 1.06. The molecule has 0 spiro atoms. The van der Waals surface area contributed by atoms with Crippen LogP contribution in [-0.4, -0.2) is 9.55 Å². The topological polar surface area (TPSA) is 52.8 Å². The first-order chi connectivity index (χ1) is 3.30. The van der Waals surface area contributed by atoms with Crippen LogP contribution in [0.4, 0.5) is 0 Å². The number of hydrogen-bond donors (Lipinski definition) is 1. The van der Waals surface area contributed by atoms with Gasteiger partial charge in [0.05, 0.1) is 0 Å². The number of aromatic nitrogens is 2. The summed E-state index contributed by atoms with van der Waals surface area (Å²) in [6.45, 7) is 1.97. The van der Waals surface area contributed by atoms with Crippen molar-refractivity contribution in [3.8, 4) is 0 Å². The van der Waals surface area contributed by atoms with Gasteiger partial charge in [0, 0.05) is 19.4 Å². The quantitative estimate of drug-likeness (QED) is 0.491. The van der Waals surface area contributed by atoms with Gasteiger partial charge in [-0.05, 0) is 6.92 Å². The van der Waals surface area contributed by atoms with Crippen LogP contribution in [0.1, 0.15) is 5.82 Å². The molecule has 0 bridgehead atoms. The Morgan fingerprint density at radius 1 is 1.36 bits per heavy atom. The minimum Gasteiger partial charge on any atom is -1.00 e. The van der Waals surface area contributed by atoms with Crippen molar-refractivity contribution in [2.75, 3.05) is 0 Å². The van der Waals surface area contributed by atoms with E-state index in [0.29, 0.717) is 0 Å². The Labute approximate surface area is 93.6 Å². The fourth-order valence-corrected chi connectivity index (χ4v) is 0.440. The molecule has 1 aromatic heterocycles. The molecule has 0 fully saturated rings. The second kappa shape index (κ2) is 10.4. The zero-order valence-electron chi connectivity index (χ0n) is 6.33. The summed E-state index contributed by atoms with van der Waals surface area (Å²) in [7, 11) is 1.97. The van der Waals surface area contributed by atoms with Gasteiger partial charge in [0.2, 0.25) is 0 Å². The van der Waals surface area contributed by atoms with E-state index in [9.17, 15) is 0 Å². The maximum atomic E-state index is 3.98. The zero-order chi connectivity index (χ0) is 5.28. The van der Waals surface area contributed by atoms with Crippen molar-refractivity contribution in [1.82, 2.24) is 15.7 Å². The van der Waals surface area contributed by atoms with Crippen LogP contribution in [0.15, 0.2) is 12.4 Å². The summed E-state index contributed by atoms with van der Waals surface area (Å²) < 4.78 is 1.97. The van der Waals surface area contributed by atoms with Crippen molar-refractivity contribution < 1.29 is 45.9 Å². The summed E-state index contributed by atoms with van der Waals surface area (Å²) in [6, 6.07) is 0. The summed E-state index contributed by atoms with van der Waals surface area (Å²) >= 11 is 0. The van der Waals surface area contributed by atoms with Gasteiger partial charge in [-0.3, -0.25) is 0 Å². The standard InChI is InChI=1S/C5H8N2.2ClH.H3N.Pt/c1-5-6-3-4-7(5)2;;;;/h3-4H,1-2H3;2*1H;1H3;/q;;;;+2/p-2. The van der Waals surface area contributed by atoms with Crippen LogP contribution in [-0.2, 0) is 28.1 Å². The molecule has 0 aliphatic heterocycles. The fourth-order valence-electron chi connectivity index (χ4n) is 0.440. The van der Waals surface area contributed by atoms with Gasteiger partial charge in [0.25, 0.3) is 0 Å². The number of halogens is 2. The fraction of sp³-hybridized carbons (Fsp3) is 0.400. The van der Waals surface area contributed by atoms with Gasteiger partial charge in [0.1, 0.15) is 5.82 Å². The van der Waals surface area contributed by atoms with E-state index < -0.39 is 0 Å². The molecule has 0 saturated carbocycles. The summed E-state index contributed by atoms with van der Waals surface area (Å²) in [5, 5.41) is 0. The Hall–Kier alpha value is 0.438. The van der Waals surface area contributed by atoms with Crippen LogP contribution < -0.4 is 31.0 Å². The van der Waals surface area contributed by atoms with Crippen LogP contribution in [0.3, 0.4) is 0 Å². The Balaban J connectivity index is -0.0000000612. The van der Waals surface area contributed by atoms with E-state index in [1.54, 1.807) is 6.20 Å². The smallest absolute Gasteiger partial charge is 1.00 e. The third-order valence-corrected chi connectivity index (χ3v) is 1.06. The molecular formula is C5H11Cl2N3Pt. The molecule has 1 rings (SSSR count). The molecule has 0 aliphatic rings. The largest absolute Gasteiger partial charge is 2.00 e. The predicted molar refractivity (Wildman–Crippen MR) is 33.0 cm³/mol. The number of rotatable bonds is 0. The van der Waals surface area contributed by atoms with Crippen LogP contribution >= 0.6 is 0 Å². The van der Waals surface area contributed by atoms with E-state index in [0.717, 1.165) is 5.82 Å². The van der Waals surface area contributed by atoms with E-state index in [2.05, 4.69) is 4.98 Å². The van der Waals surface area contributed by atoms with E-state index in [1.165, 1.54) is 0 Å². The van der Waals surface area contributed by atoms with Crippen LogP contribution in [0.2, 0.25) is 0 Å². The maximum absolute atomic E-state index is 3.98. The molecule has 0 amide bonds. The van der Waals surface area contributed by atoms with Crippen LogP contribution in [0.25, 0.3) is 0 Å². The zero-order valence-corrected chi connectivity index (χ0v) is 10.1. The summed E-state index contributed by atoms with van der Waals surface area (Å²) in [6.07, 6.45) is 3.71. The number of hydrogen-bond acceptors (Lipinski definition) is 2. The Morgan fingerprint density at radius 3 is 1.91 bits per heavy atom. The van der Waals surface area contributed by atoms with E-state index in [4.69, 9.17) is 0 Å². The van der Waals surface area contributed by atoms with Crippen LogP contribution in [0.5, 0.6) is 0 Å². The SMILES string of the molecule is Cc1nccn1C.N.[Cl-].[Cl-].[Pt+2]. The third-order valence-electron chi connectivity index (χ3n) is 1.06. The van der Waals surface area contributed by atoms with Crippen molar-refractivity contribution in [2.24, 2.45) is 7.05 Å². The minimum atomic E-state index is 0. The Morgan fingerprint density at radius 2 is 1.82 bits per heavy atom. The second-order valence-corrected chi connectivity index (χ2v) is 1.59.